The van der Waals surface area contributed by atoms with Crippen LogP contribution < -0.4 is 0 Å². The van der Waals surface area contributed by atoms with E-state index in [1.165, 1.54) is 6.21 Å². The molecule has 0 aromatic carbocycles. The average Bonchev–Trinajstić information content (AvgIpc) is 2.15. The molecular formula is C8H7BrN2O3. The lowest BCUT2D eigenvalue weighted by Gasteiger charge is -1.93. The Balaban J connectivity index is 2.44. The molecular weight excluding hydrogens is 252 g/mol. The lowest BCUT2D eigenvalue weighted by Crippen LogP contribution is -2.03. The number of oxime groups is 1. The van der Waals surface area contributed by atoms with Crippen LogP contribution in [0.25, 0.3) is 0 Å². The van der Waals surface area contributed by atoms with E-state index in [1.807, 2.05) is 0 Å². The Labute approximate surface area is 88.5 Å². The molecule has 1 rings (SSSR count). The molecule has 0 saturated carbocycles. The largest absolute Gasteiger partial charge is 0.479 e. The maximum Gasteiger partial charge on any atom is 0.344 e. The summed E-state index contributed by atoms with van der Waals surface area (Å²) in [6.45, 7) is -0.451. The van der Waals surface area contributed by atoms with Crippen LogP contribution in [0.1, 0.15) is 5.69 Å². The Bertz CT molecular complexity index is 337. The molecule has 0 saturated heterocycles. The smallest absolute Gasteiger partial charge is 0.344 e. The molecule has 0 amide bonds. The van der Waals surface area contributed by atoms with Crippen molar-refractivity contribution in [2.75, 3.05) is 6.61 Å². The summed E-state index contributed by atoms with van der Waals surface area (Å²) in [6.07, 6.45) is 2.95. The first-order chi connectivity index (χ1) is 6.68. The van der Waals surface area contributed by atoms with Gasteiger partial charge in [-0.1, -0.05) is 5.16 Å². The fourth-order valence-corrected chi connectivity index (χ4v) is 0.882. The van der Waals surface area contributed by atoms with Crippen LogP contribution >= 0.6 is 15.9 Å². The second kappa shape index (κ2) is 5.33. The molecule has 5 nitrogen and oxygen atoms in total. The van der Waals surface area contributed by atoms with Gasteiger partial charge in [-0.2, -0.15) is 0 Å². The zero-order valence-corrected chi connectivity index (χ0v) is 8.64. The summed E-state index contributed by atoms with van der Waals surface area (Å²) in [6, 6.07) is 3.52. The van der Waals surface area contributed by atoms with Gasteiger partial charge in [0.1, 0.15) is 0 Å². The highest BCUT2D eigenvalue weighted by atomic mass is 79.9. The van der Waals surface area contributed by atoms with Crippen molar-refractivity contribution in [3.05, 3.63) is 28.5 Å². The molecule has 1 aromatic rings. The number of nitrogens with zero attached hydrogens (tertiary/aromatic N) is 2. The van der Waals surface area contributed by atoms with Crippen molar-refractivity contribution in [3.63, 3.8) is 0 Å². The van der Waals surface area contributed by atoms with Crippen LogP contribution in [0, 0.1) is 0 Å². The molecule has 0 atom stereocenters. The topological polar surface area (TPSA) is 71.8 Å². The third kappa shape index (κ3) is 3.99. The van der Waals surface area contributed by atoms with E-state index in [1.54, 1.807) is 18.3 Å². The van der Waals surface area contributed by atoms with Crippen molar-refractivity contribution >= 4 is 28.1 Å². The number of pyridine rings is 1. The Morgan fingerprint density at radius 2 is 2.50 bits per heavy atom. The number of carbonyl (C=O) groups is 1. The average molecular weight is 259 g/mol. The molecule has 6 heteroatoms. The van der Waals surface area contributed by atoms with E-state index >= 15 is 0 Å². The van der Waals surface area contributed by atoms with E-state index in [2.05, 4.69) is 30.9 Å². The lowest BCUT2D eigenvalue weighted by molar-refractivity contribution is -0.142. The van der Waals surface area contributed by atoms with Gasteiger partial charge in [-0.3, -0.25) is 4.98 Å². The summed E-state index contributed by atoms with van der Waals surface area (Å²) in [5.41, 5.74) is 0.596. The summed E-state index contributed by atoms with van der Waals surface area (Å²) in [5.74, 6) is -1.06. The normalized spacial score (nSPS) is 10.4. The fourth-order valence-electron chi connectivity index (χ4n) is 0.647. The molecule has 74 valence electrons. The minimum absolute atomic E-state index is 0.451. The van der Waals surface area contributed by atoms with E-state index in [0.29, 0.717) is 5.69 Å². The molecule has 1 N–H and O–H groups in total. The first-order valence-electron chi connectivity index (χ1n) is 3.67. The standard InChI is InChI=1S/C8H7BrN2O3/c9-6-1-2-7(10-3-6)4-11-14-5-8(12)13/h1-4H,5H2,(H,12,13)/b11-4+. The van der Waals surface area contributed by atoms with Gasteiger partial charge in [-0.25, -0.2) is 4.79 Å². The highest BCUT2D eigenvalue weighted by Crippen LogP contribution is 2.05. The Morgan fingerprint density at radius 3 is 3.07 bits per heavy atom. The third-order valence-electron chi connectivity index (χ3n) is 1.20. The lowest BCUT2D eigenvalue weighted by atomic mass is 10.4. The fraction of sp³-hybridized carbons (Fsp3) is 0.125. The van der Waals surface area contributed by atoms with Gasteiger partial charge < -0.3 is 9.94 Å². The number of halogens is 1. The van der Waals surface area contributed by atoms with Gasteiger partial charge in [0, 0.05) is 10.7 Å². The van der Waals surface area contributed by atoms with Crippen LogP contribution in [-0.4, -0.2) is 28.9 Å². The Hall–Kier alpha value is -1.43. The molecule has 14 heavy (non-hydrogen) atoms. The molecule has 0 aliphatic rings. The minimum atomic E-state index is -1.06. The highest BCUT2D eigenvalue weighted by molar-refractivity contribution is 9.10. The van der Waals surface area contributed by atoms with Crippen LogP contribution in [0.3, 0.4) is 0 Å². The summed E-state index contributed by atoms with van der Waals surface area (Å²) in [7, 11) is 0. The molecule has 0 bridgehead atoms. The Kier molecular flexibility index (Phi) is 4.06. The van der Waals surface area contributed by atoms with E-state index in [4.69, 9.17) is 5.11 Å². The third-order valence-corrected chi connectivity index (χ3v) is 1.67. The zero-order valence-electron chi connectivity index (χ0n) is 7.05. The first-order valence-corrected chi connectivity index (χ1v) is 4.46. The molecule has 1 heterocycles. The van der Waals surface area contributed by atoms with Gasteiger partial charge in [0.25, 0.3) is 0 Å². The van der Waals surface area contributed by atoms with Gasteiger partial charge in [0.15, 0.2) is 0 Å². The quantitative estimate of drug-likeness (QED) is 0.653. The number of rotatable bonds is 4. The number of carboxylic acids is 1. The molecule has 0 spiro atoms. The van der Waals surface area contributed by atoms with Crippen molar-refractivity contribution in [1.82, 2.24) is 4.98 Å². The number of aliphatic carboxylic acids is 1. The van der Waals surface area contributed by atoms with E-state index < -0.39 is 12.6 Å². The molecule has 0 aliphatic carbocycles. The van der Waals surface area contributed by atoms with Crippen LogP contribution in [0.15, 0.2) is 28.0 Å². The van der Waals surface area contributed by atoms with Gasteiger partial charge in [0.2, 0.25) is 6.61 Å². The number of carboxylic acid groups (broad SMARTS) is 1. The zero-order chi connectivity index (χ0) is 10.4. The molecule has 0 fully saturated rings. The van der Waals surface area contributed by atoms with E-state index in [0.717, 1.165) is 4.47 Å². The predicted molar refractivity (Wildman–Crippen MR) is 53.1 cm³/mol. The van der Waals surface area contributed by atoms with Crippen molar-refractivity contribution in [2.45, 2.75) is 0 Å². The Morgan fingerprint density at radius 1 is 1.71 bits per heavy atom. The first kappa shape index (κ1) is 10.6. The van der Waals surface area contributed by atoms with Gasteiger partial charge in [0.05, 0.1) is 11.9 Å². The van der Waals surface area contributed by atoms with Crippen molar-refractivity contribution < 1.29 is 14.7 Å². The highest BCUT2D eigenvalue weighted by Gasteiger charge is 1.94. The van der Waals surface area contributed by atoms with Crippen LogP contribution in [0.4, 0.5) is 0 Å². The van der Waals surface area contributed by atoms with Gasteiger partial charge in [-0.15, -0.1) is 0 Å². The summed E-state index contributed by atoms with van der Waals surface area (Å²) in [4.78, 5) is 18.5. The van der Waals surface area contributed by atoms with Crippen molar-refractivity contribution in [2.24, 2.45) is 5.16 Å². The summed E-state index contributed by atoms with van der Waals surface area (Å²) < 4.78 is 0.862. The van der Waals surface area contributed by atoms with Gasteiger partial charge >= 0.3 is 5.97 Å². The molecule has 1 aromatic heterocycles. The predicted octanol–water partition coefficient (Wildman–Crippen LogP) is 1.28. The minimum Gasteiger partial charge on any atom is -0.479 e. The van der Waals surface area contributed by atoms with E-state index in [9.17, 15) is 4.79 Å². The number of aromatic nitrogens is 1. The monoisotopic (exact) mass is 258 g/mol. The summed E-state index contributed by atoms with van der Waals surface area (Å²) >= 11 is 3.23. The maximum absolute atomic E-state index is 10.0. The number of hydrogen-bond acceptors (Lipinski definition) is 4. The molecule has 0 unspecified atom stereocenters. The second-order valence-corrected chi connectivity index (χ2v) is 3.22. The van der Waals surface area contributed by atoms with Crippen LogP contribution in [0.2, 0.25) is 0 Å². The summed E-state index contributed by atoms with van der Waals surface area (Å²) in [5, 5.41) is 11.7. The van der Waals surface area contributed by atoms with Gasteiger partial charge in [-0.05, 0) is 28.1 Å². The SMILES string of the molecule is O=C(O)CO/N=C/c1ccc(Br)cn1. The van der Waals surface area contributed by atoms with Crippen LogP contribution in [0.5, 0.6) is 0 Å². The van der Waals surface area contributed by atoms with Crippen molar-refractivity contribution in [1.29, 1.82) is 0 Å². The second-order valence-electron chi connectivity index (χ2n) is 2.30. The number of hydrogen-bond donors (Lipinski definition) is 1. The maximum atomic E-state index is 10.0. The van der Waals surface area contributed by atoms with E-state index in [-0.39, 0.29) is 0 Å². The van der Waals surface area contributed by atoms with Crippen LogP contribution in [-0.2, 0) is 9.63 Å². The molecule has 0 aliphatic heterocycles. The molecule has 0 radical (unpaired) electrons. The van der Waals surface area contributed by atoms with Crippen molar-refractivity contribution in [3.8, 4) is 0 Å².